The summed E-state index contributed by atoms with van der Waals surface area (Å²) >= 11 is 0. The molecule has 4 nitrogen and oxygen atoms in total. The molecule has 1 heterocycles. The molecule has 0 aliphatic rings. The third kappa shape index (κ3) is 3.73. The molecule has 0 bridgehead atoms. The Kier molecular flexibility index (Phi) is 4.94. The van der Waals surface area contributed by atoms with E-state index in [4.69, 9.17) is 9.47 Å². The predicted octanol–water partition coefficient (Wildman–Crippen LogP) is 2.28. The average Bonchev–Trinajstić information content (AvgIpc) is 2.31. The highest BCUT2D eigenvalue weighted by atomic mass is 16.6. The van der Waals surface area contributed by atoms with Gasteiger partial charge in [0, 0.05) is 5.69 Å². The summed E-state index contributed by atoms with van der Waals surface area (Å²) in [6.45, 7) is 7.74. The quantitative estimate of drug-likeness (QED) is 0.737. The van der Waals surface area contributed by atoms with Crippen LogP contribution in [0, 0.1) is 6.92 Å². The molecule has 1 rings (SSSR count). The maximum atomic E-state index is 11.4. The molecule has 0 fully saturated rings. The number of nitrogens with zero attached hydrogens (tertiary/aromatic N) is 1. The van der Waals surface area contributed by atoms with Crippen molar-refractivity contribution >= 4 is 5.97 Å². The number of carbonyl (C=O) groups excluding carboxylic acids is 1. The van der Waals surface area contributed by atoms with Gasteiger partial charge in [-0.05, 0) is 39.3 Å². The molecular formula is C13H19NO3. The summed E-state index contributed by atoms with van der Waals surface area (Å²) in [7, 11) is 0. The van der Waals surface area contributed by atoms with Crippen LogP contribution in [0.25, 0.3) is 0 Å². The van der Waals surface area contributed by atoms with Gasteiger partial charge in [-0.3, -0.25) is 4.98 Å². The molecule has 0 aliphatic heterocycles. The van der Waals surface area contributed by atoms with Gasteiger partial charge >= 0.3 is 5.97 Å². The molecule has 0 saturated heterocycles. The third-order valence-corrected chi connectivity index (χ3v) is 2.33. The van der Waals surface area contributed by atoms with Crippen molar-refractivity contribution in [1.82, 2.24) is 4.98 Å². The lowest BCUT2D eigenvalue weighted by Gasteiger charge is -2.15. The molecule has 0 spiro atoms. The molecular weight excluding hydrogens is 218 g/mol. The van der Waals surface area contributed by atoms with Crippen LogP contribution in [-0.4, -0.2) is 23.7 Å². The number of hydrogen-bond acceptors (Lipinski definition) is 4. The van der Waals surface area contributed by atoms with Gasteiger partial charge in [0.05, 0.1) is 12.3 Å². The number of pyridine rings is 1. The maximum Gasteiger partial charge on any atom is 0.347 e. The van der Waals surface area contributed by atoms with E-state index in [0.29, 0.717) is 12.4 Å². The van der Waals surface area contributed by atoms with Crippen LogP contribution in [0.4, 0.5) is 0 Å². The Balaban J connectivity index is 2.77. The van der Waals surface area contributed by atoms with E-state index >= 15 is 0 Å². The molecule has 0 saturated carbocycles. The monoisotopic (exact) mass is 237 g/mol. The van der Waals surface area contributed by atoms with Gasteiger partial charge in [-0.15, -0.1) is 0 Å². The SMILES string of the molecule is CCOC(=O)C(C)Oc1ccc(C)nc1CC. The molecule has 4 heteroatoms. The highest BCUT2D eigenvalue weighted by Crippen LogP contribution is 2.19. The molecule has 0 aromatic carbocycles. The van der Waals surface area contributed by atoms with E-state index in [1.807, 2.05) is 26.0 Å². The van der Waals surface area contributed by atoms with E-state index in [0.717, 1.165) is 17.8 Å². The van der Waals surface area contributed by atoms with Crippen molar-refractivity contribution in [3.63, 3.8) is 0 Å². The van der Waals surface area contributed by atoms with Crippen molar-refractivity contribution in [3.8, 4) is 5.75 Å². The van der Waals surface area contributed by atoms with Crippen molar-refractivity contribution in [1.29, 1.82) is 0 Å². The van der Waals surface area contributed by atoms with Crippen LogP contribution < -0.4 is 4.74 Å². The number of esters is 1. The van der Waals surface area contributed by atoms with Crippen molar-refractivity contribution in [3.05, 3.63) is 23.5 Å². The van der Waals surface area contributed by atoms with Gasteiger partial charge in [-0.25, -0.2) is 4.79 Å². The van der Waals surface area contributed by atoms with Gasteiger partial charge in [0.15, 0.2) is 6.10 Å². The van der Waals surface area contributed by atoms with E-state index in [9.17, 15) is 4.79 Å². The van der Waals surface area contributed by atoms with Gasteiger partial charge in [0.2, 0.25) is 0 Å². The van der Waals surface area contributed by atoms with Crippen LogP contribution >= 0.6 is 0 Å². The first-order chi connectivity index (χ1) is 8.08. The number of hydrogen-bond donors (Lipinski definition) is 0. The molecule has 1 atom stereocenters. The van der Waals surface area contributed by atoms with Crippen LogP contribution in [0.2, 0.25) is 0 Å². The fourth-order valence-corrected chi connectivity index (χ4v) is 1.46. The minimum Gasteiger partial charge on any atom is -0.477 e. The Morgan fingerprint density at radius 1 is 1.41 bits per heavy atom. The molecule has 0 amide bonds. The Bertz CT molecular complexity index is 390. The van der Waals surface area contributed by atoms with Crippen molar-refractivity contribution < 1.29 is 14.3 Å². The van der Waals surface area contributed by atoms with Gasteiger partial charge in [0.1, 0.15) is 5.75 Å². The molecule has 1 unspecified atom stereocenters. The van der Waals surface area contributed by atoms with E-state index in [1.165, 1.54) is 0 Å². The zero-order valence-electron chi connectivity index (χ0n) is 10.8. The molecule has 0 aliphatic carbocycles. The fraction of sp³-hybridized carbons (Fsp3) is 0.538. The first-order valence-electron chi connectivity index (χ1n) is 5.88. The Morgan fingerprint density at radius 2 is 2.12 bits per heavy atom. The minimum absolute atomic E-state index is 0.352. The summed E-state index contributed by atoms with van der Waals surface area (Å²) in [6, 6.07) is 3.71. The average molecular weight is 237 g/mol. The van der Waals surface area contributed by atoms with Crippen molar-refractivity contribution in [2.75, 3.05) is 6.61 Å². The highest BCUT2D eigenvalue weighted by molar-refractivity contribution is 5.74. The summed E-state index contributed by atoms with van der Waals surface area (Å²) < 4.78 is 10.5. The van der Waals surface area contributed by atoms with Crippen LogP contribution in [0.15, 0.2) is 12.1 Å². The van der Waals surface area contributed by atoms with Crippen molar-refractivity contribution in [2.24, 2.45) is 0 Å². The molecule has 0 radical (unpaired) electrons. The van der Waals surface area contributed by atoms with Gasteiger partial charge < -0.3 is 9.47 Å². The predicted molar refractivity (Wildman–Crippen MR) is 65.1 cm³/mol. The Labute approximate surface area is 102 Å². The van der Waals surface area contributed by atoms with E-state index in [2.05, 4.69) is 4.98 Å². The number of aryl methyl sites for hydroxylation is 2. The summed E-state index contributed by atoms with van der Waals surface area (Å²) in [4.78, 5) is 15.8. The lowest BCUT2D eigenvalue weighted by molar-refractivity contribution is -0.150. The molecule has 17 heavy (non-hydrogen) atoms. The number of rotatable bonds is 5. The third-order valence-electron chi connectivity index (χ3n) is 2.33. The summed E-state index contributed by atoms with van der Waals surface area (Å²) in [5.74, 6) is 0.300. The van der Waals surface area contributed by atoms with E-state index in [1.54, 1.807) is 13.8 Å². The number of aromatic nitrogens is 1. The topological polar surface area (TPSA) is 48.4 Å². The lowest BCUT2D eigenvalue weighted by atomic mass is 10.2. The zero-order chi connectivity index (χ0) is 12.8. The molecule has 94 valence electrons. The van der Waals surface area contributed by atoms with Crippen LogP contribution in [0.5, 0.6) is 5.75 Å². The molecule has 0 N–H and O–H groups in total. The van der Waals surface area contributed by atoms with Crippen LogP contribution in [0.3, 0.4) is 0 Å². The second-order valence-electron chi connectivity index (χ2n) is 3.76. The van der Waals surface area contributed by atoms with E-state index < -0.39 is 6.10 Å². The molecule has 1 aromatic rings. The van der Waals surface area contributed by atoms with E-state index in [-0.39, 0.29) is 5.97 Å². The van der Waals surface area contributed by atoms with Crippen molar-refractivity contribution in [2.45, 2.75) is 40.2 Å². The summed E-state index contributed by atoms with van der Waals surface area (Å²) in [6.07, 6.45) is 0.164. The first kappa shape index (κ1) is 13.5. The smallest absolute Gasteiger partial charge is 0.347 e. The van der Waals surface area contributed by atoms with Gasteiger partial charge in [0.25, 0.3) is 0 Å². The number of carbonyl (C=O) groups is 1. The Hall–Kier alpha value is -1.58. The van der Waals surface area contributed by atoms with Gasteiger partial charge in [-0.2, -0.15) is 0 Å². The fourth-order valence-electron chi connectivity index (χ4n) is 1.46. The Morgan fingerprint density at radius 3 is 2.71 bits per heavy atom. The van der Waals surface area contributed by atoms with Crippen LogP contribution in [0.1, 0.15) is 32.2 Å². The van der Waals surface area contributed by atoms with Gasteiger partial charge in [-0.1, -0.05) is 6.92 Å². The molecule has 1 aromatic heterocycles. The lowest BCUT2D eigenvalue weighted by Crippen LogP contribution is -2.26. The highest BCUT2D eigenvalue weighted by Gasteiger charge is 2.17. The summed E-state index contributed by atoms with van der Waals surface area (Å²) in [5, 5.41) is 0. The first-order valence-corrected chi connectivity index (χ1v) is 5.88. The minimum atomic E-state index is -0.607. The normalized spacial score (nSPS) is 12.0. The second-order valence-corrected chi connectivity index (χ2v) is 3.76. The zero-order valence-corrected chi connectivity index (χ0v) is 10.8. The standard InChI is InChI=1S/C13H19NO3/c1-5-11-12(8-7-9(3)14-11)17-10(4)13(15)16-6-2/h7-8,10H,5-6H2,1-4H3. The second kappa shape index (κ2) is 6.23. The maximum absolute atomic E-state index is 11.4. The summed E-state index contributed by atoms with van der Waals surface area (Å²) in [5.41, 5.74) is 1.80. The van der Waals surface area contributed by atoms with Crippen LogP contribution in [-0.2, 0) is 16.0 Å². The number of ether oxygens (including phenoxy) is 2. The largest absolute Gasteiger partial charge is 0.477 e.